The molecule has 1 heterocycles. The van der Waals surface area contributed by atoms with Crippen LogP contribution in [0.25, 0.3) is 10.9 Å². The van der Waals surface area contributed by atoms with Crippen LogP contribution in [0.3, 0.4) is 0 Å². The molecule has 0 unspecified atom stereocenters. The maximum absolute atomic E-state index is 13.7. The fraction of sp³-hybridized carbons (Fsp3) is 0.258. The zero-order valence-electron chi connectivity index (χ0n) is 21.5. The van der Waals surface area contributed by atoms with Gasteiger partial charge in [0.05, 0.1) is 0 Å². The van der Waals surface area contributed by atoms with Gasteiger partial charge in [-0.05, 0) is 49.6 Å². The van der Waals surface area contributed by atoms with E-state index in [0.29, 0.717) is 12.0 Å². The summed E-state index contributed by atoms with van der Waals surface area (Å²) in [5.41, 5.74) is 3.09. The molecule has 0 fully saturated rings. The summed E-state index contributed by atoms with van der Waals surface area (Å²) in [4.78, 5) is 44.5. The van der Waals surface area contributed by atoms with E-state index >= 15 is 0 Å². The van der Waals surface area contributed by atoms with Gasteiger partial charge in [0, 0.05) is 49.0 Å². The Morgan fingerprint density at radius 3 is 2.24 bits per heavy atom. The van der Waals surface area contributed by atoms with Gasteiger partial charge < -0.3 is 15.0 Å². The molecule has 0 spiro atoms. The van der Waals surface area contributed by atoms with Crippen LogP contribution in [-0.4, -0.2) is 45.2 Å². The van der Waals surface area contributed by atoms with Crippen LogP contribution < -0.4 is 0 Å². The van der Waals surface area contributed by atoms with Gasteiger partial charge in [-0.1, -0.05) is 65.7 Å². The van der Waals surface area contributed by atoms with Crippen molar-refractivity contribution < 1.29 is 19.5 Å². The second-order valence-corrected chi connectivity index (χ2v) is 9.81. The van der Waals surface area contributed by atoms with E-state index in [1.165, 1.54) is 11.9 Å². The summed E-state index contributed by atoms with van der Waals surface area (Å²) in [6, 6.07) is 22.7. The van der Waals surface area contributed by atoms with Crippen LogP contribution in [0, 0.1) is 13.8 Å². The quantitative estimate of drug-likeness (QED) is 0.303. The van der Waals surface area contributed by atoms with E-state index in [0.717, 1.165) is 33.2 Å². The number of aliphatic carboxylic acids is 1. The molecule has 190 valence electrons. The highest BCUT2D eigenvalue weighted by Crippen LogP contribution is 2.31. The van der Waals surface area contributed by atoms with Crippen molar-refractivity contribution >= 4 is 28.6 Å². The summed E-state index contributed by atoms with van der Waals surface area (Å²) in [5, 5.41) is 11.5. The number of fused-ring (bicyclic) bond motifs is 1. The van der Waals surface area contributed by atoms with Crippen LogP contribution in [-0.2, 0) is 22.4 Å². The second-order valence-electron chi connectivity index (χ2n) is 9.81. The average Bonchev–Trinajstić information content (AvgIpc) is 3.28. The third-order valence-electron chi connectivity index (χ3n) is 7.00. The molecular weight excluding hydrogens is 464 g/mol. The third-order valence-corrected chi connectivity index (χ3v) is 7.00. The molecule has 2 N–H and O–H groups in total. The van der Waals surface area contributed by atoms with Gasteiger partial charge in [-0.25, -0.2) is 4.79 Å². The Morgan fingerprint density at radius 1 is 0.919 bits per heavy atom. The summed E-state index contributed by atoms with van der Waals surface area (Å²) < 4.78 is 0. The summed E-state index contributed by atoms with van der Waals surface area (Å²) in [6.07, 6.45) is 2.18. The number of rotatable bonds is 10. The molecule has 6 nitrogen and oxygen atoms in total. The molecule has 0 radical (unpaired) electrons. The van der Waals surface area contributed by atoms with Crippen LogP contribution in [0.15, 0.2) is 79.0 Å². The Balaban J connectivity index is 1.71. The Kier molecular flexibility index (Phi) is 7.58. The number of aryl methyl sites for hydroxylation is 3. The van der Waals surface area contributed by atoms with Crippen LogP contribution in [0.4, 0.5) is 0 Å². The number of hydrogen-bond acceptors (Lipinski definition) is 3. The van der Waals surface area contributed by atoms with E-state index in [1.54, 1.807) is 18.3 Å². The monoisotopic (exact) mass is 496 g/mol. The highest BCUT2D eigenvalue weighted by molar-refractivity contribution is 6.00. The van der Waals surface area contributed by atoms with Crippen molar-refractivity contribution in [2.75, 3.05) is 7.05 Å². The number of hydrogen-bond donors (Lipinski definition) is 2. The first-order chi connectivity index (χ1) is 17.7. The van der Waals surface area contributed by atoms with Crippen LogP contribution in [0.2, 0.25) is 0 Å². The zero-order chi connectivity index (χ0) is 26.6. The molecule has 1 atom stereocenters. The van der Waals surface area contributed by atoms with Crippen molar-refractivity contribution in [2.45, 2.75) is 45.1 Å². The number of aromatic amines is 1. The number of aromatic nitrogens is 1. The number of carbonyl (C=O) groups is 3. The number of carbonyl (C=O) groups excluding carboxylic acids is 2. The van der Waals surface area contributed by atoms with Crippen LogP contribution in [0.5, 0.6) is 0 Å². The van der Waals surface area contributed by atoms with Crippen molar-refractivity contribution in [1.82, 2.24) is 9.88 Å². The van der Waals surface area contributed by atoms with E-state index in [4.69, 9.17) is 0 Å². The summed E-state index contributed by atoms with van der Waals surface area (Å²) in [7, 11) is 1.49. The number of H-pyrrole nitrogens is 1. The first-order valence-corrected chi connectivity index (χ1v) is 12.4. The number of amides is 1. The summed E-state index contributed by atoms with van der Waals surface area (Å²) in [6.45, 7) is 3.79. The minimum absolute atomic E-state index is 0.00351. The molecule has 1 amide bonds. The van der Waals surface area contributed by atoms with E-state index in [-0.39, 0.29) is 25.0 Å². The number of carboxylic acid groups (broad SMARTS) is 1. The van der Waals surface area contributed by atoms with Gasteiger partial charge in [-0.3, -0.25) is 9.59 Å². The lowest BCUT2D eigenvalue weighted by Crippen LogP contribution is -2.58. The van der Waals surface area contributed by atoms with Gasteiger partial charge >= 0.3 is 5.97 Å². The molecule has 37 heavy (non-hydrogen) atoms. The van der Waals surface area contributed by atoms with Crippen molar-refractivity contribution in [3.8, 4) is 0 Å². The lowest BCUT2D eigenvalue weighted by atomic mass is 9.82. The number of nitrogens with one attached hydrogen (secondary N) is 1. The molecule has 1 aromatic heterocycles. The number of Topliss-reactive ketones (excluding diaryl/α,β-unsaturated/α-hetero) is 1. The van der Waals surface area contributed by atoms with Gasteiger partial charge in [-0.15, -0.1) is 0 Å². The fourth-order valence-corrected chi connectivity index (χ4v) is 5.02. The fourth-order valence-electron chi connectivity index (χ4n) is 5.02. The van der Waals surface area contributed by atoms with E-state index in [2.05, 4.69) is 4.98 Å². The maximum Gasteiger partial charge on any atom is 0.330 e. The lowest BCUT2D eigenvalue weighted by molar-refractivity contribution is -0.151. The summed E-state index contributed by atoms with van der Waals surface area (Å²) in [5.74, 6) is -1.83. The molecule has 0 saturated carbocycles. The topological polar surface area (TPSA) is 90.5 Å². The number of likely N-dealkylation sites (N-methyl/N-ethyl adjacent to an activating group) is 1. The van der Waals surface area contributed by atoms with Gasteiger partial charge in [-0.2, -0.15) is 0 Å². The zero-order valence-corrected chi connectivity index (χ0v) is 21.5. The number of ketones is 1. The minimum Gasteiger partial charge on any atom is -0.479 e. The average molecular weight is 497 g/mol. The number of para-hydroxylation sites is 1. The highest BCUT2D eigenvalue weighted by Gasteiger charge is 2.47. The largest absolute Gasteiger partial charge is 0.479 e. The first-order valence-electron chi connectivity index (χ1n) is 12.4. The molecule has 0 aliphatic heterocycles. The van der Waals surface area contributed by atoms with Gasteiger partial charge in [0.15, 0.2) is 5.54 Å². The van der Waals surface area contributed by atoms with E-state index in [9.17, 15) is 19.5 Å². The molecule has 0 aliphatic carbocycles. The predicted molar refractivity (Wildman–Crippen MR) is 145 cm³/mol. The molecule has 4 aromatic rings. The SMILES string of the molecule is Cc1cc(C)cc(C(=O)N(C)[C@](CC(=O)CCc2ccccc2)(Cc2c[nH]c3ccccc23)C(=O)O)c1. The number of carboxylic acids is 1. The minimum atomic E-state index is -1.76. The van der Waals surface area contributed by atoms with Gasteiger partial charge in [0.25, 0.3) is 5.91 Å². The van der Waals surface area contributed by atoms with Crippen molar-refractivity contribution in [1.29, 1.82) is 0 Å². The van der Waals surface area contributed by atoms with Crippen molar-refractivity contribution in [3.63, 3.8) is 0 Å². The van der Waals surface area contributed by atoms with Gasteiger partial charge in [0.2, 0.25) is 0 Å². The maximum atomic E-state index is 13.7. The summed E-state index contributed by atoms with van der Waals surface area (Å²) >= 11 is 0. The predicted octanol–water partition coefficient (Wildman–Crippen LogP) is 5.51. The molecule has 0 aliphatic rings. The Hall–Kier alpha value is -4.19. The number of nitrogens with zero attached hydrogens (tertiary/aromatic N) is 1. The Morgan fingerprint density at radius 2 is 1.57 bits per heavy atom. The van der Waals surface area contributed by atoms with E-state index < -0.39 is 17.4 Å². The molecule has 0 saturated heterocycles. The molecular formula is C31H32N2O4. The number of benzene rings is 3. The van der Waals surface area contributed by atoms with Crippen LogP contribution in [0.1, 0.15) is 45.5 Å². The smallest absolute Gasteiger partial charge is 0.330 e. The third kappa shape index (κ3) is 5.64. The van der Waals surface area contributed by atoms with Crippen molar-refractivity contribution in [2.24, 2.45) is 0 Å². The van der Waals surface area contributed by atoms with E-state index in [1.807, 2.05) is 74.5 Å². The van der Waals surface area contributed by atoms with Crippen molar-refractivity contribution in [3.05, 3.63) is 107 Å². The second kappa shape index (κ2) is 10.8. The molecule has 0 bridgehead atoms. The van der Waals surface area contributed by atoms with Gasteiger partial charge in [0.1, 0.15) is 5.78 Å². The lowest BCUT2D eigenvalue weighted by Gasteiger charge is -2.38. The van der Waals surface area contributed by atoms with Crippen LogP contribution >= 0.6 is 0 Å². The highest BCUT2D eigenvalue weighted by atomic mass is 16.4. The standard InChI is InChI=1S/C31H32N2O4/c1-21-15-22(2)17-24(16-21)29(35)33(3)31(30(36)37,18-25-20-32-28-12-8-7-11-27(25)28)19-26(34)14-13-23-9-5-4-6-10-23/h4-12,15-17,20,32H,13-14,18-19H2,1-3H3,(H,36,37)/t31-/m0/s1. The Labute approximate surface area is 216 Å². The molecule has 6 heteroatoms. The molecule has 4 rings (SSSR count). The molecule has 3 aromatic carbocycles. The normalized spacial score (nSPS) is 12.7. The first kappa shape index (κ1) is 25.9. The Bertz CT molecular complexity index is 1420.